The molecule has 0 aliphatic heterocycles. The molecule has 0 aliphatic rings. The maximum absolute atomic E-state index is 12.7. The maximum atomic E-state index is 12.7. The summed E-state index contributed by atoms with van der Waals surface area (Å²) in [7, 11) is 0. The van der Waals surface area contributed by atoms with E-state index in [1.807, 2.05) is 6.92 Å². The molecule has 3 rings (SSSR count). The van der Waals surface area contributed by atoms with Gasteiger partial charge in [-0.15, -0.1) is 0 Å². The topological polar surface area (TPSA) is 102 Å². The fraction of sp³-hybridized carbons (Fsp3) is 0.304. The molecule has 2 amide bonds. The van der Waals surface area contributed by atoms with Gasteiger partial charge in [0.15, 0.2) is 5.69 Å². The number of rotatable bonds is 8. The van der Waals surface area contributed by atoms with E-state index in [9.17, 15) is 14.4 Å². The van der Waals surface area contributed by atoms with E-state index in [4.69, 9.17) is 4.74 Å². The number of carbonyl (C=O) groups excluding carboxylic acids is 2. The van der Waals surface area contributed by atoms with Gasteiger partial charge in [-0.05, 0) is 43.2 Å². The number of nitrogens with one attached hydrogen (secondary N) is 2. The highest BCUT2D eigenvalue weighted by Crippen LogP contribution is 2.14. The third-order valence-corrected chi connectivity index (χ3v) is 4.69. The first-order valence-electron chi connectivity index (χ1n) is 10.4. The number of fused-ring (bicyclic) bond motifs is 1. The van der Waals surface area contributed by atoms with Crippen LogP contribution in [0.2, 0.25) is 0 Å². The molecule has 31 heavy (non-hydrogen) atoms. The molecular formula is C23H26N4O4. The minimum absolute atomic E-state index is 0.0728. The molecule has 3 aromatic rings. The molecule has 0 saturated carbocycles. The summed E-state index contributed by atoms with van der Waals surface area (Å²) >= 11 is 0. The number of carbonyl (C=O) groups is 2. The van der Waals surface area contributed by atoms with Crippen LogP contribution in [-0.4, -0.2) is 28.2 Å². The average molecular weight is 422 g/mol. The van der Waals surface area contributed by atoms with Crippen LogP contribution in [0, 0.1) is 0 Å². The van der Waals surface area contributed by atoms with Gasteiger partial charge in [0.25, 0.3) is 17.4 Å². The van der Waals surface area contributed by atoms with E-state index in [0.29, 0.717) is 41.7 Å². The lowest BCUT2D eigenvalue weighted by Gasteiger charge is -2.11. The Kier molecular flexibility index (Phi) is 7.37. The largest absolute Gasteiger partial charge is 0.494 e. The highest BCUT2D eigenvalue weighted by atomic mass is 16.5. The zero-order valence-corrected chi connectivity index (χ0v) is 17.7. The predicted molar refractivity (Wildman–Crippen MR) is 118 cm³/mol. The fourth-order valence-corrected chi connectivity index (χ4v) is 3.05. The maximum Gasteiger partial charge on any atom is 0.290 e. The quantitative estimate of drug-likeness (QED) is 0.429. The number of ether oxygens (including phenoxy) is 1. The van der Waals surface area contributed by atoms with Gasteiger partial charge in [-0.1, -0.05) is 38.5 Å². The van der Waals surface area contributed by atoms with Gasteiger partial charge >= 0.3 is 0 Å². The molecule has 0 radical (unpaired) electrons. The summed E-state index contributed by atoms with van der Waals surface area (Å²) in [5.41, 5.74) is 4.97. The first kappa shape index (κ1) is 22.0. The van der Waals surface area contributed by atoms with E-state index in [-0.39, 0.29) is 11.3 Å². The minimum atomic E-state index is -0.603. The van der Waals surface area contributed by atoms with E-state index < -0.39 is 11.8 Å². The predicted octanol–water partition coefficient (Wildman–Crippen LogP) is 3.06. The number of hydrazine groups is 1. The van der Waals surface area contributed by atoms with Gasteiger partial charge < -0.3 is 4.74 Å². The second kappa shape index (κ2) is 10.4. The average Bonchev–Trinajstić information content (AvgIpc) is 2.80. The van der Waals surface area contributed by atoms with E-state index in [2.05, 4.69) is 22.9 Å². The highest BCUT2D eigenvalue weighted by Gasteiger charge is 2.17. The van der Waals surface area contributed by atoms with E-state index in [1.54, 1.807) is 48.5 Å². The van der Waals surface area contributed by atoms with Crippen LogP contribution in [0.3, 0.4) is 0 Å². The van der Waals surface area contributed by atoms with Crippen LogP contribution < -0.4 is 21.1 Å². The van der Waals surface area contributed by atoms with E-state index >= 15 is 0 Å². The van der Waals surface area contributed by atoms with Crippen LogP contribution in [0.4, 0.5) is 0 Å². The lowest BCUT2D eigenvalue weighted by atomic mass is 10.1. The SMILES string of the molecule is CCCCOc1ccc(C(=O)NNC(=O)c2nn(CCC)c(=O)c3ccccc23)cc1. The molecule has 0 saturated heterocycles. The Labute approximate surface area is 180 Å². The zero-order chi connectivity index (χ0) is 22.2. The lowest BCUT2D eigenvalue weighted by molar-refractivity contribution is 0.0843. The monoisotopic (exact) mass is 422 g/mol. The van der Waals surface area contributed by atoms with Crippen LogP contribution >= 0.6 is 0 Å². The molecule has 8 nitrogen and oxygen atoms in total. The van der Waals surface area contributed by atoms with E-state index in [0.717, 1.165) is 12.8 Å². The molecule has 0 aliphatic carbocycles. The van der Waals surface area contributed by atoms with Crippen LogP contribution in [0.15, 0.2) is 53.3 Å². The Balaban J connectivity index is 1.72. The molecular weight excluding hydrogens is 396 g/mol. The third-order valence-electron chi connectivity index (χ3n) is 4.69. The highest BCUT2D eigenvalue weighted by molar-refractivity contribution is 6.06. The van der Waals surface area contributed by atoms with Crippen molar-refractivity contribution in [1.82, 2.24) is 20.6 Å². The molecule has 2 aromatic carbocycles. The summed E-state index contributed by atoms with van der Waals surface area (Å²) in [6.07, 6.45) is 2.70. The molecule has 0 atom stereocenters. The van der Waals surface area contributed by atoms with Crippen LogP contribution in [0.5, 0.6) is 5.75 Å². The van der Waals surface area contributed by atoms with Gasteiger partial charge in [0.2, 0.25) is 0 Å². The third kappa shape index (κ3) is 5.28. The number of hydrogen-bond acceptors (Lipinski definition) is 5. The number of amides is 2. The van der Waals surface area contributed by atoms with Crippen molar-refractivity contribution in [1.29, 1.82) is 0 Å². The van der Waals surface area contributed by atoms with Crippen molar-refractivity contribution in [2.75, 3.05) is 6.61 Å². The molecule has 0 bridgehead atoms. The number of nitrogens with zero attached hydrogens (tertiary/aromatic N) is 2. The Morgan fingerprint density at radius 1 is 0.935 bits per heavy atom. The Bertz CT molecular complexity index is 1120. The van der Waals surface area contributed by atoms with Gasteiger partial charge in [0.1, 0.15) is 5.75 Å². The normalized spacial score (nSPS) is 10.6. The Morgan fingerprint density at radius 2 is 1.61 bits per heavy atom. The molecule has 2 N–H and O–H groups in total. The molecule has 0 fully saturated rings. The van der Waals surface area contributed by atoms with Crippen molar-refractivity contribution in [2.24, 2.45) is 0 Å². The first-order valence-corrected chi connectivity index (χ1v) is 10.4. The van der Waals surface area contributed by atoms with Gasteiger partial charge in [0, 0.05) is 17.5 Å². The van der Waals surface area contributed by atoms with Crippen molar-refractivity contribution < 1.29 is 14.3 Å². The Morgan fingerprint density at radius 3 is 2.29 bits per heavy atom. The van der Waals surface area contributed by atoms with Gasteiger partial charge in [0.05, 0.1) is 12.0 Å². The van der Waals surface area contributed by atoms with Crippen molar-refractivity contribution in [3.05, 3.63) is 70.1 Å². The van der Waals surface area contributed by atoms with Gasteiger partial charge in [-0.3, -0.25) is 25.2 Å². The van der Waals surface area contributed by atoms with Gasteiger partial charge in [-0.25, -0.2) is 4.68 Å². The number of aromatic nitrogens is 2. The zero-order valence-electron chi connectivity index (χ0n) is 17.7. The van der Waals surface area contributed by atoms with Crippen molar-refractivity contribution >= 4 is 22.6 Å². The summed E-state index contributed by atoms with van der Waals surface area (Å²) in [6.45, 7) is 5.02. The summed E-state index contributed by atoms with van der Waals surface area (Å²) in [4.78, 5) is 37.7. The summed E-state index contributed by atoms with van der Waals surface area (Å²) < 4.78 is 6.86. The van der Waals surface area contributed by atoms with Gasteiger partial charge in [-0.2, -0.15) is 5.10 Å². The number of benzene rings is 2. The summed E-state index contributed by atoms with van der Waals surface area (Å²) in [5.74, 6) is -0.392. The van der Waals surface area contributed by atoms with Crippen LogP contribution in [0.1, 0.15) is 54.0 Å². The van der Waals surface area contributed by atoms with Crippen LogP contribution in [0.25, 0.3) is 10.8 Å². The Hall–Kier alpha value is -3.68. The first-order chi connectivity index (χ1) is 15.0. The number of unbranched alkanes of at least 4 members (excludes halogenated alkanes) is 1. The molecule has 1 heterocycles. The fourth-order valence-electron chi connectivity index (χ4n) is 3.05. The molecule has 0 spiro atoms. The lowest BCUT2D eigenvalue weighted by Crippen LogP contribution is -2.42. The van der Waals surface area contributed by atoms with Crippen molar-refractivity contribution in [3.8, 4) is 5.75 Å². The second-order valence-electron chi connectivity index (χ2n) is 7.06. The smallest absolute Gasteiger partial charge is 0.290 e. The van der Waals surface area contributed by atoms with Crippen molar-refractivity contribution in [2.45, 2.75) is 39.7 Å². The molecule has 1 aromatic heterocycles. The molecule has 0 unspecified atom stereocenters. The second-order valence-corrected chi connectivity index (χ2v) is 7.06. The minimum Gasteiger partial charge on any atom is -0.494 e. The standard InChI is InChI=1S/C23H26N4O4/c1-3-5-15-31-17-12-10-16(11-13-17)21(28)24-25-22(29)20-18-8-6-7-9-19(18)23(30)27(26-20)14-4-2/h6-13H,3-5,14-15H2,1-2H3,(H,24,28)(H,25,29). The van der Waals surface area contributed by atoms with Crippen molar-refractivity contribution in [3.63, 3.8) is 0 Å². The number of aryl methyl sites for hydroxylation is 1. The molecule has 162 valence electrons. The molecule has 8 heteroatoms. The van der Waals surface area contributed by atoms with E-state index in [1.165, 1.54) is 4.68 Å². The van der Waals surface area contributed by atoms with Crippen LogP contribution in [-0.2, 0) is 6.54 Å². The summed E-state index contributed by atoms with van der Waals surface area (Å²) in [5, 5.41) is 5.05. The summed E-state index contributed by atoms with van der Waals surface area (Å²) in [6, 6.07) is 13.4. The number of hydrogen-bond donors (Lipinski definition) is 2.